The predicted molar refractivity (Wildman–Crippen MR) is 143 cm³/mol. The van der Waals surface area contributed by atoms with Gasteiger partial charge in [-0.3, -0.25) is 9.69 Å². The highest BCUT2D eigenvalue weighted by Crippen LogP contribution is 2.38. The van der Waals surface area contributed by atoms with Gasteiger partial charge in [0.1, 0.15) is 22.7 Å². The average molecular weight is 533 g/mol. The van der Waals surface area contributed by atoms with Crippen molar-refractivity contribution in [3.05, 3.63) is 86.2 Å². The lowest BCUT2D eigenvalue weighted by molar-refractivity contribution is 0.0695. The fraction of sp³-hybridized carbons (Fsp3) is 0.286. The van der Waals surface area contributed by atoms with Crippen LogP contribution in [0.25, 0.3) is 21.9 Å². The molecule has 0 radical (unpaired) electrons. The van der Waals surface area contributed by atoms with Crippen molar-refractivity contribution in [3.8, 4) is 0 Å². The highest BCUT2D eigenvalue weighted by Gasteiger charge is 2.29. The average Bonchev–Trinajstić information content (AvgIpc) is 3.77. The Morgan fingerprint density at radius 1 is 1.05 bits per heavy atom. The van der Waals surface area contributed by atoms with Gasteiger partial charge in [0.15, 0.2) is 0 Å². The van der Waals surface area contributed by atoms with E-state index in [4.69, 9.17) is 4.42 Å². The van der Waals surface area contributed by atoms with Gasteiger partial charge in [0.05, 0.1) is 16.8 Å². The topological polar surface area (TPSA) is 129 Å². The summed E-state index contributed by atoms with van der Waals surface area (Å²) in [6.45, 7) is 2.11. The van der Waals surface area contributed by atoms with Crippen molar-refractivity contribution in [2.75, 3.05) is 37.6 Å². The highest BCUT2D eigenvalue weighted by molar-refractivity contribution is 6.03. The molecule has 2 aromatic heterocycles. The summed E-state index contributed by atoms with van der Waals surface area (Å²) >= 11 is 0. The van der Waals surface area contributed by atoms with Crippen LogP contribution in [0, 0.1) is 5.82 Å². The summed E-state index contributed by atoms with van der Waals surface area (Å²) in [5, 5.41) is 23.3. The maximum atomic E-state index is 15.3. The molecule has 2 N–H and O–H groups in total. The summed E-state index contributed by atoms with van der Waals surface area (Å²) in [7, 11) is 0. The molecule has 4 aromatic rings. The van der Waals surface area contributed by atoms with Crippen LogP contribution in [0.3, 0.4) is 0 Å². The number of anilines is 1. The van der Waals surface area contributed by atoms with Gasteiger partial charge >= 0.3 is 11.6 Å². The lowest BCUT2D eigenvalue weighted by atomic mass is 10.1. The van der Waals surface area contributed by atoms with Gasteiger partial charge in [-0.05, 0) is 37.1 Å². The zero-order valence-corrected chi connectivity index (χ0v) is 20.8. The van der Waals surface area contributed by atoms with Crippen molar-refractivity contribution in [2.45, 2.75) is 18.9 Å². The third-order valence-corrected chi connectivity index (χ3v) is 7.43. The van der Waals surface area contributed by atoms with E-state index in [-0.39, 0.29) is 34.8 Å². The number of fused-ring (bicyclic) bond motifs is 2. The minimum Gasteiger partial charge on any atom is -0.477 e. The van der Waals surface area contributed by atoms with E-state index in [0.29, 0.717) is 48.4 Å². The number of aromatic carboxylic acids is 1. The van der Waals surface area contributed by atoms with Crippen LogP contribution in [0.15, 0.2) is 67.8 Å². The molecule has 2 fully saturated rings. The maximum Gasteiger partial charge on any atom is 0.345 e. The van der Waals surface area contributed by atoms with E-state index in [9.17, 15) is 24.7 Å². The molecule has 11 heteroatoms. The smallest absolute Gasteiger partial charge is 0.345 e. The minimum absolute atomic E-state index is 0.0553. The third-order valence-electron chi connectivity index (χ3n) is 7.43. The summed E-state index contributed by atoms with van der Waals surface area (Å²) < 4.78 is 22.4. The Balaban J connectivity index is 1.23. The Kier molecular flexibility index (Phi) is 6.15. The van der Waals surface area contributed by atoms with E-state index < -0.39 is 22.8 Å². The number of pyridine rings is 1. The number of para-hydroxylation sites is 1. The van der Waals surface area contributed by atoms with Gasteiger partial charge in [0.25, 0.3) is 0 Å². The van der Waals surface area contributed by atoms with Crippen LogP contribution < -0.4 is 16.0 Å². The van der Waals surface area contributed by atoms with Gasteiger partial charge in [0, 0.05) is 55.7 Å². The molecule has 39 heavy (non-hydrogen) atoms. The molecule has 10 nitrogen and oxygen atoms in total. The number of carbonyl (C=O) groups is 1. The number of hydrogen-bond donors (Lipinski definition) is 2. The molecule has 0 amide bonds. The number of halogens is 1. The van der Waals surface area contributed by atoms with Crippen LogP contribution in [0.1, 0.15) is 34.8 Å². The van der Waals surface area contributed by atoms with Gasteiger partial charge in [-0.1, -0.05) is 23.4 Å². The Hall–Kier alpha value is -4.51. The lowest BCUT2D eigenvalue weighted by Crippen LogP contribution is -2.48. The third kappa shape index (κ3) is 4.54. The van der Waals surface area contributed by atoms with Crippen LogP contribution in [-0.4, -0.2) is 64.2 Å². The van der Waals surface area contributed by atoms with E-state index in [2.05, 4.69) is 5.16 Å². The molecule has 3 heterocycles. The molecule has 1 saturated heterocycles. The molecular formula is C28H25FN4O6. The highest BCUT2D eigenvalue weighted by atomic mass is 19.1. The fourth-order valence-corrected chi connectivity index (χ4v) is 5.20. The molecule has 0 spiro atoms. The van der Waals surface area contributed by atoms with E-state index in [1.807, 2.05) is 15.9 Å². The number of carboxylic acids is 1. The summed E-state index contributed by atoms with van der Waals surface area (Å²) in [5.74, 6) is -1.92. The number of nitrogens with zero attached hydrogens (tertiary/aromatic N) is 4. The van der Waals surface area contributed by atoms with Crippen molar-refractivity contribution < 1.29 is 23.9 Å². The van der Waals surface area contributed by atoms with E-state index in [1.165, 1.54) is 6.20 Å². The number of piperazine rings is 1. The molecule has 1 saturated carbocycles. The molecule has 6 rings (SSSR count). The van der Waals surface area contributed by atoms with Crippen LogP contribution in [0.5, 0.6) is 0 Å². The van der Waals surface area contributed by atoms with Crippen LogP contribution in [0.2, 0.25) is 0 Å². The lowest BCUT2D eigenvalue weighted by Gasteiger charge is -2.36. The quantitative estimate of drug-likeness (QED) is 0.168. The summed E-state index contributed by atoms with van der Waals surface area (Å²) in [4.78, 5) is 40.7. The largest absolute Gasteiger partial charge is 0.477 e. The maximum absolute atomic E-state index is 15.3. The molecule has 0 atom stereocenters. The predicted octanol–water partition coefficient (Wildman–Crippen LogP) is 3.28. The van der Waals surface area contributed by atoms with E-state index in [0.717, 1.165) is 18.9 Å². The summed E-state index contributed by atoms with van der Waals surface area (Å²) in [6.07, 6.45) is 3.10. The number of benzene rings is 2. The molecule has 1 aliphatic carbocycles. The molecule has 0 unspecified atom stereocenters. The van der Waals surface area contributed by atoms with E-state index in [1.54, 1.807) is 34.9 Å². The second kappa shape index (κ2) is 9.66. The van der Waals surface area contributed by atoms with Gasteiger partial charge in [0.2, 0.25) is 5.43 Å². The van der Waals surface area contributed by atoms with Crippen LogP contribution in [-0.2, 0) is 0 Å². The SMILES string of the molecule is O=C(O)c1cn(C2CC2)c2cc(N3CCN(C/C(=N/O)c4cc5ccccc5oc4=O)CC3)c(F)cc2c1=O. The molecular weight excluding hydrogens is 507 g/mol. The first-order valence-electron chi connectivity index (χ1n) is 12.7. The summed E-state index contributed by atoms with van der Waals surface area (Å²) in [6, 6.07) is 11.6. The number of oxime groups is 1. The molecule has 2 aromatic carbocycles. The van der Waals surface area contributed by atoms with Crippen molar-refractivity contribution in [1.29, 1.82) is 0 Å². The van der Waals surface area contributed by atoms with Crippen molar-refractivity contribution in [2.24, 2.45) is 5.16 Å². The van der Waals surface area contributed by atoms with Crippen LogP contribution in [0.4, 0.5) is 10.1 Å². The molecule has 200 valence electrons. The number of hydrogen-bond acceptors (Lipinski definition) is 8. The summed E-state index contributed by atoms with van der Waals surface area (Å²) in [5.41, 5.74) is 0.0115. The van der Waals surface area contributed by atoms with E-state index >= 15 is 4.39 Å². The fourth-order valence-electron chi connectivity index (χ4n) is 5.20. The Morgan fingerprint density at radius 2 is 1.79 bits per heavy atom. The first kappa shape index (κ1) is 24.8. The number of rotatable bonds is 6. The molecule has 0 bridgehead atoms. The number of carboxylic acid groups (broad SMARTS) is 1. The van der Waals surface area contributed by atoms with Gasteiger partial charge < -0.3 is 24.2 Å². The Morgan fingerprint density at radius 3 is 2.49 bits per heavy atom. The normalized spacial score (nSPS) is 16.7. The van der Waals surface area contributed by atoms with Gasteiger partial charge in [-0.15, -0.1) is 0 Å². The molecule has 2 aliphatic rings. The number of aromatic nitrogens is 1. The standard InChI is InChI=1S/C28H25FN4O6/c29-21-12-19-23(33(17-5-6-17)14-20(26(19)34)27(35)36)13-24(21)32-9-7-31(8-10-32)15-22(30-38)18-11-16-3-1-2-4-25(16)39-28(18)37/h1-4,11-14,17,38H,5-10,15H2,(H,35,36)/b30-22-. The zero-order chi connectivity index (χ0) is 27.3. The van der Waals surface area contributed by atoms with Crippen LogP contribution >= 0.6 is 0 Å². The zero-order valence-electron chi connectivity index (χ0n) is 20.8. The Bertz CT molecular complexity index is 1770. The van der Waals surface area contributed by atoms with Gasteiger partial charge in [-0.2, -0.15) is 0 Å². The monoisotopic (exact) mass is 532 g/mol. The van der Waals surface area contributed by atoms with Crippen molar-refractivity contribution >= 4 is 39.2 Å². The second-order valence-corrected chi connectivity index (χ2v) is 9.93. The first-order chi connectivity index (χ1) is 18.8. The first-order valence-corrected chi connectivity index (χ1v) is 12.7. The molecule has 1 aliphatic heterocycles. The second-order valence-electron chi connectivity index (χ2n) is 9.93. The Labute approximate surface area is 220 Å². The minimum atomic E-state index is -1.33. The van der Waals surface area contributed by atoms with Crippen molar-refractivity contribution in [3.63, 3.8) is 0 Å². The van der Waals surface area contributed by atoms with Crippen molar-refractivity contribution in [1.82, 2.24) is 9.47 Å². The van der Waals surface area contributed by atoms with Gasteiger partial charge in [-0.25, -0.2) is 14.0 Å².